The van der Waals surface area contributed by atoms with Gasteiger partial charge in [0.2, 0.25) is 0 Å². The summed E-state index contributed by atoms with van der Waals surface area (Å²) in [6.07, 6.45) is 0. The lowest BCUT2D eigenvalue weighted by Crippen LogP contribution is -2.13. The van der Waals surface area contributed by atoms with E-state index in [1.165, 1.54) is 24.3 Å². The number of benzene rings is 2. The fraction of sp³-hybridized carbons (Fsp3) is 0.235. The second-order valence-electron chi connectivity index (χ2n) is 4.91. The number of ether oxygens (including phenoxy) is 2. The van der Waals surface area contributed by atoms with Gasteiger partial charge >= 0.3 is 0 Å². The van der Waals surface area contributed by atoms with Crippen LogP contribution in [0.5, 0.6) is 11.5 Å². The number of rotatable bonds is 7. The van der Waals surface area contributed by atoms with Crippen molar-refractivity contribution in [1.29, 1.82) is 0 Å². The maximum Gasteiger partial charge on any atom is 0.269 e. The van der Waals surface area contributed by atoms with Crippen molar-refractivity contribution >= 4 is 39.9 Å². The summed E-state index contributed by atoms with van der Waals surface area (Å²) in [6, 6.07) is 8.97. The molecule has 1 amide bonds. The van der Waals surface area contributed by atoms with Gasteiger partial charge < -0.3 is 14.8 Å². The number of carbonyl (C=O) groups is 1. The molecule has 8 heteroatoms. The van der Waals surface area contributed by atoms with Crippen LogP contribution in [0.15, 0.2) is 36.4 Å². The highest BCUT2D eigenvalue weighted by atomic mass is 127. The SMILES string of the molecule is CCOc1cc(C(=O)Nc2ccc([N+](=O)[O-])cc2)cc(I)c1OCC. The molecule has 0 saturated heterocycles. The van der Waals surface area contributed by atoms with Gasteiger partial charge in [0, 0.05) is 23.4 Å². The molecule has 25 heavy (non-hydrogen) atoms. The van der Waals surface area contributed by atoms with Crippen molar-refractivity contribution in [3.8, 4) is 11.5 Å². The number of nitro benzene ring substituents is 1. The summed E-state index contributed by atoms with van der Waals surface area (Å²) in [7, 11) is 0. The Labute approximate surface area is 158 Å². The summed E-state index contributed by atoms with van der Waals surface area (Å²) < 4.78 is 11.9. The van der Waals surface area contributed by atoms with Gasteiger partial charge in [0.25, 0.3) is 11.6 Å². The summed E-state index contributed by atoms with van der Waals surface area (Å²) in [5, 5.41) is 13.4. The fourth-order valence-corrected chi connectivity index (χ4v) is 2.87. The summed E-state index contributed by atoms with van der Waals surface area (Å²) in [6.45, 7) is 4.67. The molecule has 0 aliphatic heterocycles. The van der Waals surface area contributed by atoms with E-state index < -0.39 is 4.92 Å². The molecule has 2 aromatic rings. The molecular weight excluding hydrogens is 439 g/mol. The first-order valence-corrected chi connectivity index (χ1v) is 8.69. The highest BCUT2D eigenvalue weighted by Gasteiger charge is 2.16. The average molecular weight is 456 g/mol. The molecule has 0 saturated carbocycles. The van der Waals surface area contributed by atoms with E-state index in [2.05, 4.69) is 27.9 Å². The largest absolute Gasteiger partial charge is 0.490 e. The van der Waals surface area contributed by atoms with Crippen LogP contribution in [0, 0.1) is 13.7 Å². The van der Waals surface area contributed by atoms with Crippen LogP contribution in [0.3, 0.4) is 0 Å². The van der Waals surface area contributed by atoms with E-state index in [1.807, 2.05) is 13.8 Å². The summed E-state index contributed by atoms with van der Waals surface area (Å²) in [5.41, 5.74) is 0.847. The van der Waals surface area contributed by atoms with Crippen LogP contribution in [0.2, 0.25) is 0 Å². The number of nitro groups is 1. The summed E-state index contributed by atoms with van der Waals surface area (Å²) in [4.78, 5) is 22.6. The lowest BCUT2D eigenvalue weighted by atomic mass is 10.1. The zero-order chi connectivity index (χ0) is 18.4. The molecule has 2 rings (SSSR count). The fourth-order valence-electron chi connectivity index (χ4n) is 2.12. The second-order valence-corrected chi connectivity index (χ2v) is 6.07. The standard InChI is InChI=1S/C17H17IN2O5/c1-3-24-15-10-11(9-14(18)16(15)25-4-2)17(21)19-12-5-7-13(8-6-12)20(22)23/h5-10H,3-4H2,1-2H3,(H,19,21). The number of nitrogens with one attached hydrogen (secondary N) is 1. The number of anilines is 1. The summed E-state index contributed by atoms with van der Waals surface area (Å²) in [5.74, 6) is 0.776. The minimum atomic E-state index is -0.491. The second kappa shape index (κ2) is 8.65. The third-order valence-electron chi connectivity index (χ3n) is 3.20. The van der Waals surface area contributed by atoms with E-state index in [1.54, 1.807) is 12.1 Å². The highest BCUT2D eigenvalue weighted by Crippen LogP contribution is 2.34. The van der Waals surface area contributed by atoms with Gasteiger partial charge in [0.15, 0.2) is 11.5 Å². The number of non-ortho nitro benzene ring substituents is 1. The van der Waals surface area contributed by atoms with Gasteiger partial charge in [-0.05, 0) is 60.7 Å². The Morgan fingerprint density at radius 3 is 2.36 bits per heavy atom. The number of carbonyl (C=O) groups excluding carboxylic acids is 1. The Morgan fingerprint density at radius 2 is 1.80 bits per heavy atom. The lowest BCUT2D eigenvalue weighted by Gasteiger charge is -2.14. The van der Waals surface area contributed by atoms with Crippen LogP contribution >= 0.6 is 22.6 Å². The first-order valence-electron chi connectivity index (χ1n) is 7.61. The Hall–Kier alpha value is -2.36. The molecule has 7 nitrogen and oxygen atoms in total. The van der Waals surface area contributed by atoms with Gasteiger partial charge in [-0.25, -0.2) is 0 Å². The van der Waals surface area contributed by atoms with Crippen molar-refractivity contribution in [2.24, 2.45) is 0 Å². The van der Waals surface area contributed by atoms with Gasteiger partial charge in [-0.1, -0.05) is 0 Å². The molecule has 0 unspecified atom stereocenters. The van der Waals surface area contributed by atoms with Gasteiger partial charge in [-0.2, -0.15) is 0 Å². The number of hydrogen-bond acceptors (Lipinski definition) is 5. The molecular formula is C17H17IN2O5. The van der Waals surface area contributed by atoms with Crippen molar-refractivity contribution in [3.05, 3.63) is 55.6 Å². The molecule has 132 valence electrons. The first-order chi connectivity index (χ1) is 12.0. The number of amides is 1. The van der Waals surface area contributed by atoms with E-state index in [9.17, 15) is 14.9 Å². The molecule has 0 aliphatic carbocycles. The monoisotopic (exact) mass is 456 g/mol. The van der Waals surface area contributed by atoms with Gasteiger partial charge in [0.1, 0.15) is 0 Å². The van der Waals surface area contributed by atoms with Crippen molar-refractivity contribution in [2.45, 2.75) is 13.8 Å². The molecule has 0 aromatic heterocycles. The molecule has 0 radical (unpaired) electrons. The van der Waals surface area contributed by atoms with Crippen molar-refractivity contribution in [3.63, 3.8) is 0 Å². The van der Waals surface area contributed by atoms with E-state index in [-0.39, 0.29) is 11.6 Å². The predicted molar refractivity (Wildman–Crippen MR) is 103 cm³/mol. The molecule has 2 aromatic carbocycles. The van der Waals surface area contributed by atoms with E-state index in [0.29, 0.717) is 36.0 Å². The normalized spacial score (nSPS) is 10.2. The summed E-state index contributed by atoms with van der Waals surface area (Å²) >= 11 is 2.09. The van der Waals surface area contributed by atoms with Crippen molar-refractivity contribution in [1.82, 2.24) is 0 Å². The van der Waals surface area contributed by atoms with E-state index in [0.717, 1.165) is 3.57 Å². The van der Waals surface area contributed by atoms with Crippen molar-refractivity contribution in [2.75, 3.05) is 18.5 Å². The van der Waals surface area contributed by atoms with Crippen molar-refractivity contribution < 1.29 is 19.2 Å². The Kier molecular flexibility index (Phi) is 6.57. The van der Waals surface area contributed by atoms with Crippen LogP contribution in [-0.2, 0) is 0 Å². The Balaban J connectivity index is 2.24. The topological polar surface area (TPSA) is 90.7 Å². The van der Waals surface area contributed by atoms with Gasteiger partial charge in [0.05, 0.1) is 21.7 Å². The Morgan fingerprint density at radius 1 is 1.16 bits per heavy atom. The maximum atomic E-state index is 12.5. The molecule has 0 heterocycles. The van der Waals surface area contributed by atoms with Crippen LogP contribution in [0.4, 0.5) is 11.4 Å². The molecule has 0 bridgehead atoms. The number of nitrogens with zero attached hydrogens (tertiary/aromatic N) is 1. The zero-order valence-electron chi connectivity index (χ0n) is 13.7. The Bertz CT molecular complexity index is 777. The smallest absolute Gasteiger partial charge is 0.269 e. The van der Waals surface area contributed by atoms with Crippen LogP contribution in [0.25, 0.3) is 0 Å². The lowest BCUT2D eigenvalue weighted by molar-refractivity contribution is -0.384. The van der Waals surface area contributed by atoms with Gasteiger partial charge in [-0.3, -0.25) is 14.9 Å². The molecule has 0 fully saturated rings. The molecule has 1 N–H and O–H groups in total. The van der Waals surface area contributed by atoms with E-state index >= 15 is 0 Å². The number of halogens is 1. The van der Waals surface area contributed by atoms with E-state index in [4.69, 9.17) is 9.47 Å². The molecule has 0 spiro atoms. The number of hydrogen-bond donors (Lipinski definition) is 1. The zero-order valence-corrected chi connectivity index (χ0v) is 15.9. The minimum absolute atomic E-state index is 0.0350. The minimum Gasteiger partial charge on any atom is -0.490 e. The third-order valence-corrected chi connectivity index (χ3v) is 4.00. The van der Waals surface area contributed by atoms with Crippen LogP contribution in [-0.4, -0.2) is 24.0 Å². The van der Waals surface area contributed by atoms with Crippen LogP contribution in [0.1, 0.15) is 24.2 Å². The molecule has 0 atom stereocenters. The van der Waals surface area contributed by atoms with Gasteiger partial charge in [-0.15, -0.1) is 0 Å². The highest BCUT2D eigenvalue weighted by molar-refractivity contribution is 14.1. The third kappa shape index (κ3) is 4.81. The quantitative estimate of drug-likeness (QED) is 0.382. The predicted octanol–water partition coefficient (Wildman–Crippen LogP) is 4.25. The average Bonchev–Trinajstić information content (AvgIpc) is 2.58. The maximum absolute atomic E-state index is 12.5. The van der Waals surface area contributed by atoms with Crippen LogP contribution < -0.4 is 14.8 Å². The first kappa shape index (κ1) is 19.0. The molecule has 0 aliphatic rings.